The van der Waals surface area contributed by atoms with Crippen molar-refractivity contribution < 1.29 is 135 Å². The van der Waals surface area contributed by atoms with Gasteiger partial charge < -0.3 is 30.1 Å². The average Bonchev–Trinajstić information content (AvgIpc) is 3.86. The van der Waals surface area contributed by atoms with Crippen molar-refractivity contribution in [1.82, 2.24) is 54.6 Å². The number of carboxylic acid groups (broad SMARTS) is 2. The first kappa shape index (κ1) is 72.6. The van der Waals surface area contributed by atoms with E-state index in [0.717, 1.165) is 46.6 Å². The molecule has 0 saturated heterocycles. The van der Waals surface area contributed by atoms with Crippen molar-refractivity contribution in [2.75, 3.05) is 0 Å². The fourth-order valence-corrected chi connectivity index (χ4v) is 5.90. The number of nitrogens with zero attached hydrogens (tertiary/aromatic N) is 11. The summed E-state index contributed by atoms with van der Waals surface area (Å²) in [6.07, 6.45) is 7.64. The molecule has 0 saturated carbocycles. The van der Waals surface area contributed by atoms with Crippen molar-refractivity contribution in [3.63, 3.8) is 0 Å². The first-order valence-corrected chi connectivity index (χ1v) is 22.2. The van der Waals surface area contributed by atoms with E-state index >= 15 is 0 Å². The Hall–Kier alpha value is -7.46. The van der Waals surface area contributed by atoms with E-state index in [-0.39, 0.29) is 114 Å². The standard InChI is InChI=1S/3C11H7F2N2.C10H5F2N2.C6H8N2O2.C6H5NO2.4Ir/c3*1-7-4-5-14-9(6-7)8-2-3-10(12)15-11(8)13;11-9-5-4-7(10(12)14-9)8-3-1-2-6-13-8;1-4-3-5(6(9)10)7-8(4)2;8-6(9)5-3-1-2-4-7-5;;;;/h3*3-6H,1H3;1-3,5-6H;3H,1-2H3,(H,9,10);1-4H,(H,8,9);;;;/q4*-1;;;;;;. The molecule has 0 spiro atoms. The Labute approximate surface area is 517 Å². The van der Waals surface area contributed by atoms with Crippen molar-refractivity contribution in [2.45, 2.75) is 27.7 Å². The predicted octanol–water partition coefficient (Wildman–Crippen LogP) is 11.0. The van der Waals surface area contributed by atoms with Crippen LogP contribution in [0, 0.1) is 99.5 Å². The second-order valence-electron chi connectivity index (χ2n) is 15.5. The van der Waals surface area contributed by atoms with Crippen molar-refractivity contribution in [1.29, 1.82) is 0 Å². The van der Waals surface area contributed by atoms with Crippen molar-refractivity contribution in [2.24, 2.45) is 7.05 Å². The number of aromatic nitrogens is 11. The van der Waals surface area contributed by atoms with Gasteiger partial charge >= 0.3 is 11.9 Å². The van der Waals surface area contributed by atoms with Gasteiger partial charge in [-0.3, -0.25) is 24.6 Å². The van der Waals surface area contributed by atoms with Crippen LogP contribution in [0.5, 0.6) is 0 Å². The van der Waals surface area contributed by atoms with Crippen molar-refractivity contribution in [3.05, 3.63) is 240 Å². The van der Waals surface area contributed by atoms with E-state index in [2.05, 4.69) is 74.2 Å². The quantitative estimate of drug-likeness (QED) is 0.0902. The van der Waals surface area contributed by atoms with Gasteiger partial charge in [0.05, 0.1) is 0 Å². The third-order valence-corrected chi connectivity index (χ3v) is 9.64. The topological polar surface area (TPSA) is 208 Å². The molecule has 0 aliphatic carbocycles. The molecule has 10 aromatic rings. The predicted molar refractivity (Wildman–Crippen MR) is 265 cm³/mol. The molecule has 0 amide bonds. The molecule has 434 valence electrons. The van der Waals surface area contributed by atoms with E-state index in [0.29, 0.717) is 22.8 Å². The summed E-state index contributed by atoms with van der Waals surface area (Å²) in [5.74, 6) is -9.10. The van der Waals surface area contributed by atoms with Crippen LogP contribution in [0.3, 0.4) is 0 Å². The summed E-state index contributed by atoms with van der Waals surface area (Å²) < 4.78 is 104. The molecule has 82 heavy (non-hydrogen) atoms. The first-order chi connectivity index (χ1) is 37.2. The van der Waals surface area contributed by atoms with Gasteiger partial charge in [0, 0.05) is 124 Å². The Morgan fingerprint density at radius 1 is 0.415 bits per heavy atom. The molecular weight excluding hydrogens is 1800 g/mol. The zero-order valence-electron chi connectivity index (χ0n) is 42.7. The normalized spacial score (nSPS) is 9.57. The smallest absolute Gasteiger partial charge is 0.356 e. The zero-order valence-corrected chi connectivity index (χ0v) is 52.3. The largest absolute Gasteiger partial charge is 0.477 e. The Bertz CT molecular complexity index is 3400. The van der Waals surface area contributed by atoms with Crippen LogP contribution in [-0.2, 0) is 87.5 Å². The zero-order chi connectivity index (χ0) is 56.9. The molecule has 4 radical (unpaired) electrons. The van der Waals surface area contributed by atoms with E-state index < -0.39 is 59.5 Å². The third kappa shape index (κ3) is 23.2. The Morgan fingerprint density at radius 2 is 0.732 bits per heavy atom. The summed E-state index contributed by atoms with van der Waals surface area (Å²) in [5, 5.41) is 20.5. The SMILES string of the molecule is Cc1cc(C(=O)O)nn1C.Cc1ccnc(-c2[c-]cc(F)nc2F)c1.Cc1ccnc(-c2[c-]cc(F)nc2F)c1.Cc1ccnc(-c2[c-]cc(F)nc2F)c1.Fc1c[c-]c(-c2ccccn2)c(F)n1.O=C(O)c1ccccn1.[Ir].[Ir].[Ir].[Ir]. The van der Waals surface area contributed by atoms with Gasteiger partial charge in [-0.1, -0.05) is 99.6 Å². The second kappa shape index (κ2) is 36.1. The van der Waals surface area contributed by atoms with Crippen LogP contribution in [0.2, 0.25) is 0 Å². The van der Waals surface area contributed by atoms with E-state index in [4.69, 9.17) is 10.2 Å². The molecular formula is C55H39F8Ir4N11O4-4. The van der Waals surface area contributed by atoms with E-state index in [9.17, 15) is 44.7 Å². The number of carboxylic acids is 2. The maximum atomic E-state index is 13.2. The molecule has 2 N–H and O–H groups in total. The van der Waals surface area contributed by atoms with Gasteiger partial charge in [0.25, 0.3) is 0 Å². The van der Waals surface area contributed by atoms with Crippen LogP contribution in [0.15, 0.2) is 134 Å². The molecule has 10 aromatic heterocycles. The molecule has 0 aliphatic rings. The molecule has 0 fully saturated rings. The molecule has 0 atom stereocenters. The second-order valence-corrected chi connectivity index (χ2v) is 15.5. The number of hydrogen-bond donors (Lipinski definition) is 2. The van der Waals surface area contributed by atoms with Gasteiger partial charge in [-0.15, -0.1) is 24.3 Å². The number of rotatable bonds is 6. The number of pyridine rings is 9. The monoisotopic (exact) mass is 1840 g/mol. The molecule has 0 unspecified atom stereocenters. The van der Waals surface area contributed by atoms with Crippen LogP contribution in [0.1, 0.15) is 43.4 Å². The van der Waals surface area contributed by atoms with E-state index in [1.807, 2.05) is 20.8 Å². The minimum Gasteiger partial charge on any atom is -0.477 e. The fourth-order valence-electron chi connectivity index (χ4n) is 5.90. The van der Waals surface area contributed by atoms with Gasteiger partial charge in [0.2, 0.25) is 0 Å². The molecule has 10 rings (SSSR count). The maximum Gasteiger partial charge on any atom is 0.356 e. The van der Waals surface area contributed by atoms with E-state index in [1.165, 1.54) is 29.2 Å². The number of aromatic carboxylic acids is 2. The third-order valence-electron chi connectivity index (χ3n) is 9.64. The van der Waals surface area contributed by atoms with Crippen molar-refractivity contribution in [3.8, 4) is 45.0 Å². The van der Waals surface area contributed by atoms with Gasteiger partial charge in [0.15, 0.2) is 5.69 Å². The average molecular weight is 1840 g/mol. The number of halogens is 8. The molecule has 10 heterocycles. The molecule has 0 bridgehead atoms. The Morgan fingerprint density at radius 3 is 0.963 bits per heavy atom. The minimum atomic E-state index is -0.990. The number of carbonyl (C=O) groups is 2. The molecule has 0 aliphatic heterocycles. The Balaban J connectivity index is 0.000000492. The number of aryl methyl sites for hydroxylation is 5. The summed E-state index contributed by atoms with van der Waals surface area (Å²) in [5.41, 5.74) is 5.77. The van der Waals surface area contributed by atoms with Gasteiger partial charge in [-0.25, -0.2) is 49.7 Å². The summed E-state index contributed by atoms with van der Waals surface area (Å²) in [7, 11) is 1.71. The summed E-state index contributed by atoms with van der Waals surface area (Å²) in [4.78, 5) is 52.1. The van der Waals surface area contributed by atoms with Crippen LogP contribution in [-0.4, -0.2) is 76.8 Å². The van der Waals surface area contributed by atoms with Crippen LogP contribution < -0.4 is 0 Å². The molecule has 0 aromatic carbocycles. The summed E-state index contributed by atoms with van der Waals surface area (Å²) in [6, 6.07) is 35.6. The van der Waals surface area contributed by atoms with Crippen molar-refractivity contribution >= 4 is 11.9 Å². The van der Waals surface area contributed by atoms with Crippen LogP contribution >= 0.6 is 0 Å². The van der Waals surface area contributed by atoms with Crippen LogP contribution in [0.25, 0.3) is 45.0 Å². The summed E-state index contributed by atoms with van der Waals surface area (Å²) >= 11 is 0. The van der Waals surface area contributed by atoms with Gasteiger partial charge in [0.1, 0.15) is 53.3 Å². The first-order valence-electron chi connectivity index (χ1n) is 22.2. The summed E-state index contributed by atoms with van der Waals surface area (Å²) in [6.45, 7) is 7.39. The van der Waals surface area contributed by atoms with Gasteiger partial charge in [-0.2, -0.15) is 5.10 Å². The van der Waals surface area contributed by atoms with Gasteiger partial charge in [-0.05, 0) is 92.9 Å². The maximum absolute atomic E-state index is 13.2. The number of hydrogen-bond acceptors (Lipinski definition) is 12. The minimum absolute atomic E-state index is 0. The molecule has 15 nitrogen and oxygen atoms in total. The fraction of sp³-hybridized carbons (Fsp3) is 0.0909. The molecule has 27 heteroatoms. The van der Waals surface area contributed by atoms with E-state index in [1.54, 1.807) is 99.3 Å². The van der Waals surface area contributed by atoms with Crippen LogP contribution in [0.4, 0.5) is 35.1 Å². The Kier molecular flexibility index (Phi) is 31.9.